The fraction of sp³-hybridized carbons (Fsp3) is 0.444. The first-order chi connectivity index (χ1) is 11.6. The Morgan fingerprint density at radius 3 is 2.75 bits per heavy atom. The monoisotopic (exact) mass is 326 g/mol. The summed E-state index contributed by atoms with van der Waals surface area (Å²) in [4.78, 5) is 27.0. The van der Waals surface area contributed by atoms with Crippen molar-refractivity contribution in [3.63, 3.8) is 0 Å². The van der Waals surface area contributed by atoms with E-state index in [9.17, 15) is 9.90 Å². The molecule has 0 spiro atoms. The summed E-state index contributed by atoms with van der Waals surface area (Å²) in [7, 11) is 0. The lowest BCUT2D eigenvalue weighted by atomic mass is 9.97. The van der Waals surface area contributed by atoms with Gasteiger partial charge in [0.1, 0.15) is 5.82 Å². The standard InChI is InChI=1S/C18H22N4O2/c1-3-15-12(2)20-16(13-6-8-19-9-7-13)21-17(15)22-10-4-5-14(11-22)18(23)24/h6-9,14H,3-5,10-11H2,1-2H3,(H,23,24). The van der Waals surface area contributed by atoms with Gasteiger partial charge < -0.3 is 10.0 Å². The van der Waals surface area contributed by atoms with Crippen LogP contribution >= 0.6 is 0 Å². The molecule has 0 radical (unpaired) electrons. The van der Waals surface area contributed by atoms with E-state index in [1.807, 2.05) is 19.1 Å². The molecule has 0 saturated carbocycles. The number of hydrogen-bond donors (Lipinski definition) is 1. The van der Waals surface area contributed by atoms with E-state index >= 15 is 0 Å². The Morgan fingerprint density at radius 2 is 2.08 bits per heavy atom. The number of hydrogen-bond acceptors (Lipinski definition) is 5. The third-order valence-corrected chi connectivity index (χ3v) is 4.55. The highest BCUT2D eigenvalue weighted by Crippen LogP contribution is 2.29. The van der Waals surface area contributed by atoms with Gasteiger partial charge in [-0.2, -0.15) is 0 Å². The third-order valence-electron chi connectivity index (χ3n) is 4.55. The molecule has 126 valence electrons. The Kier molecular flexibility index (Phi) is 4.74. The zero-order chi connectivity index (χ0) is 17.1. The topological polar surface area (TPSA) is 79.2 Å². The summed E-state index contributed by atoms with van der Waals surface area (Å²) in [6.45, 7) is 5.42. The first kappa shape index (κ1) is 16.4. The molecule has 0 aromatic carbocycles. The van der Waals surface area contributed by atoms with E-state index in [1.165, 1.54) is 0 Å². The van der Waals surface area contributed by atoms with Gasteiger partial charge >= 0.3 is 5.97 Å². The summed E-state index contributed by atoms with van der Waals surface area (Å²) in [6.07, 6.45) is 5.87. The third kappa shape index (κ3) is 3.22. The molecule has 1 aliphatic rings. The highest BCUT2D eigenvalue weighted by molar-refractivity contribution is 5.71. The number of carboxylic acid groups (broad SMARTS) is 1. The number of anilines is 1. The van der Waals surface area contributed by atoms with Gasteiger partial charge in [-0.05, 0) is 38.3 Å². The molecule has 0 bridgehead atoms. The first-order valence-electron chi connectivity index (χ1n) is 8.35. The average Bonchev–Trinajstić information content (AvgIpc) is 2.62. The minimum atomic E-state index is -0.724. The van der Waals surface area contributed by atoms with Gasteiger partial charge in [-0.25, -0.2) is 9.97 Å². The molecule has 24 heavy (non-hydrogen) atoms. The lowest BCUT2D eigenvalue weighted by Crippen LogP contribution is -2.39. The molecular formula is C18H22N4O2. The van der Waals surface area contributed by atoms with Gasteiger partial charge in [0.2, 0.25) is 0 Å². The fourth-order valence-corrected chi connectivity index (χ4v) is 3.26. The molecule has 3 rings (SSSR count). The van der Waals surface area contributed by atoms with Gasteiger partial charge in [-0.1, -0.05) is 6.92 Å². The molecule has 1 atom stereocenters. The van der Waals surface area contributed by atoms with E-state index in [4.69, 9.17) is 4.98 Å². The number of nitrogens with zero attached hydrogens (tertiary/aromatic N) is 4. The lowest BCUT2D eigenvalue weighted by molar-refractivity contribution is -0.141. The number of aliphatic carboxylic acids is 1. The molecule has 1 fully saturated rings. The van der Waals surface area contributed by atoms with Crippen LogP contribution in [0.3, 0.4) is 0 Å². The maximum absolute atomic E-state index is 11.4. The van der Waals surface area contributed by atoms with Gasteiger partial charge in [-0.3, -0.25) is 9.78 Å². The molecule has 0 amide bonds. The molecule has 3 heterocycles. The van der Waals surface area contributed by atoms with Gasteiger partial charge in [0, 0.05) is 42.3 Å². The number of aryl methyl sites for hydroxylation is 1. The van der Waals surface area contributed by atoms with Crippen molar-refractivity contribution < 1.29 is 9.90 Å². The predicted molar refractivity (Wildman–Crippen MR) is 92.0 cm³/mol. The van der Waals surface area contributed by atoms with Crippen LogP contribution in [0.5, 0.6) is 0 Å². The Morgan fingerprint density at radius 1 is 1.33 bits per heavy atom. The van der Waals surface area contributed by atoms with Crippen LogP contribution in [0.15, 0.2) is 24.5 Å². The maximum Gasteiger partial charge on any atom is 0.308 e. The lowest BCUT2D eigenvalue weighted by Gasteiger charge is -2.33. The van der Waals surface area contributed by atoms with Crippen LogP contribution in [-0.4, -0.2) is 39.1 Å². The minimum absolute atomic E-state index is 0.330. The van der Waals surface area contributed by atoms with Gasteiger partial charge in [0.25, 0.3) is 0 Å². The van der Waals surface area contributed by atoms with E-state index in [-0.39, 0.29) is 5.92 Å². The van der Waals surface area contributed by atoms with Crippen LogP contribution in [0.4, 0.5) is 5.82 Å². The Balaban J connectivity index is 2.02. The zero-order valence-electron chi connectivity index (χ0n) is 14.1. The van der Waals surface area contributed by atoms with E-state index in [1.54, 1.807) is 12.4 Å². The predicted octanol–water partition coefficient (Wildman–Crippen LogP) is 2.71. The molecular weight excluding hydrogens is 304 g/mol. The summed E-state index contributed by atoms with van der Waals surface area (Å²) >= 11 is 0. The van der Waals surface area contributed by atoms with Crippen molar-refractivity contribution in [2.24, 2.45) is 5.92 Å². The van der Waals surface area contributed by atoms with E-state index in [0.717, 1.165) is 48.4 Å². The smallest absolute Gasteiger partial charge is 0.308 e. The summed E-state index contributed by atoms with van der Waals surface area (Å²) in [5.41, 5.74) is 2.97. The molecule has 2 aromatic heterocycles. The molecule has 0 aliphatic carbocycles. The van der Waals surface area contributed by atoms with Crippen molar-refractivity contribution in [1.82, 2.24) is 15.0 Å². The number of rotatable bonds is 4. The Bertz CT molecular complexity index is 733. The summed E-state index contributed by atoms with van der Waals surface area (Å²) in [6, 6.07) is 3.78. The van der Waals surface area contributed by atoms with Crippen LogP contribution < -0.4 is 4.90 Å². The molecule has 1 unspecified atom stereocenters. The van der Waals surface area contributed by atoms with E-state index in [0.29, 0.717) is 12.4 Å². The molecule has 6 heteroatoms. The van der Waals surface area contributed by atoms with E-state index in [2.05, 4.69) is 21.8 Å². The fourth-order valence-electron chi connectivity index (χ4n) is 3.26. The largest absolute Gasteiger partial charge is 0.481 e. The van der Waals surface area contributed by atoms with Crippen molar-refractivity contribution in [3.8, 4) is 11.4 Å². The maximum atomic E-state index is 11.4. The van der Waals surface area contributed by atoms with E-state index < -0.39 is 5.97 Å². The minimum Gasteiger partial charge on any atom is -0.481 e. The van der Waals surface area contributed by atoms with Crippen molar-refractivity contribution in [1.29, 1.82) is 0 Å². The zero-order valence-corrected chi connectivity index (χ0v) is 14.1. The number of pyridine rings is 1. The normalized spacial score (nSPS) is 17.8. The average molecular weight is 326 g/mol. The SMILES string of the molecule is CCc1c(C)nc(-c2ccncc2)nc1N1CCCC(C(=O)O)C1. The molecule has 6 nitrogen and oxygen atoms in total. The van der Waals surface area contributed by atoms with Gasteiger partial charge in [0.15, 0.2) is 5.82 Å². The van der Waals surface area contributed by atoms with Crippen LogP contribution in [0, 0.1) is 12.8 Å². The molecule has 1 aliphatic heterocycles. The van der Waals surface area contributed by atoms with Crippen LogP contribution in [0.2, 0.25) is 0 Å². The van der Waals surface area contributed by atoms with Crippen molar-refractivity contribution >= 4 is 11.8 Å². The summed E-state index contributed by atoms with van der Waals surface area (Å²) in [5.74, 6) is 0.489. The Labute approximate surface area is 141 Å². The quantitative estimate of drug-likeness (QED) is 0.930. The number of piperidine rings is 1. The van der Waals surface area contributed by atoms with Crippen LogP contribution in [0.1, 0.15) is 31.0 Å². The van der Waals surface area contributed by atoms with Crippen molar-refractivity contribution in [2.45, 2.75) is 33.1 Å². The van der Waals surface area contributed by atoms with Crippen molar-refractivity contribution in [2.75, 3.05) is 18.0 Å². The summed E-state index contributed by atoms with van der Waals surface area (Å²) in [5, 5.41) is 9.35. The number of carbonyl (C=O) groups is 1. The van der Waals surface area contributed by atoms with Gasteiger partial charge in [0.05, 0.1) is 5.92 Å². The highest BCUT2D eigenvalue weighted by Gasteiger charge is 2.28. The molecule has 2 aromatic rings. The molecule has 1 N–H and O–H groups in total. The highest BCUT2D eigenvalue weighted by atomic mass is 16.4. The van der Waals surface area contributed by atoms with Crippen LogP contribution in [-0.2, 0) is 11.2 Å². The number of aromatic nitrogens is 3. The second kappa shape index (κ2) is 6.95. The van der Waals surface area contributed by atoms with Crippen LogP contribution in [0.25, 0.3) is 11.4 Å². The van der Waals surface area contributed by atoms with Crippen molar-refractivity contribution in [3.05, 3.63) is 35.8 Å². The second-order valence-corrected chi connectivity index (χ2v) is 6.15. The Hall–Kier alpha value is -2.50. The van der Waals surface area contributed by atoms with Gasteiger partial charge in [-0.15, -0.1) is 0 Å². The number of carboxylic acids is 1. The second-order valence-electron chi connectivity index (χ2n) is 6.15. The first-order valence-corrected chi connectivity index (χ1v) is 8.35. The summed E-state index contributed by atoms with van der Waals surface area (Å²) < 4.78 is 0. The molecule has 1 saturated heterocycles.